The topological polar surface area (TPSA) is 43.4 Å². The molecule has 0 aliphatic carbocycles. The van der Waals surface area contributed by atoms with Crippen molar-refractivity contribution in [1.29, 1.82) is 0 Å². The van der Waals surface area contributed by atoms with Crippen LogP contribution in [0.25, 0.3) is 0 Å². The molecule has 0 saturated heterocycles. The Morgan fingerprint density at radius 1 is 1.38 bits per heavy atom. The summed E-state index contributed by atoms with van der Waals surface area (Å²) in [6, 6.07) is 9.49. The Morgan fingerprint density at radius 3 is 2.62 bits per heavy atom. The number of ether oxygens (including phenoxy) is 1. The number of rotatable bonds is 6. The first-order chi connectivity index (χ1) is 7.77. The van der Waals surface area contributed by atoms with Gasteiger partial charge in [0.15, 0.2) is 0 Å². The average molecular weight is 220 g/mol. The van der Waals surface area contributed by atoms with Crippen LogP contribution >= 0.6 is 0 Å². The van der Waals surface area contributed by atoms with E-state index in [4.69, 9.17) is 4.74 Å². The SMILES string of the molecule is CC[C@H](CC=O)C(=O)OCc1ccccc1. The van der Waals surface area contributed by atoms with E-state index in [0.717, 1.165) is 11.8 Å². The van der Waals surface area contributed by atoms with Gasteiger partial charge in [0.1, 0.15) is 12.9 Å². The van der Waals surface area contributed by atoms with E-state index < -0.39 is 0 Å². The molecule has 0 amide bonds. The lowest BCUT2D eigenvalue weighted by atomic mass is 10.0. The zero-order valence-electron chi connectivity index (χ0n) is 9.39. The van der Waals surface area contributed by atoms with Crippen LogP contribution in [0.3, 0.4) is 0 Å². The molecule has 0 bridgehead atoms. The first kappa shape index (κ1) is 12.4. The molecular formula is C13H16O3. The maximum atomic E-state index is 11.6. The highest BCUT2D eigenvalue weighted by molar-refractivity contribution is 5.75. The number of esters is 1. The van der Waals surface area contributed by atoms with E-state index in [2.05, 4.69) is 0 Å². The van der Waals surface area contributed by atoms with E-state index in [1.165, 1.54) is 0 Å². The number of carbonyl (C=O) groups excluding carboxylic acids is 2. The van der Waals surface area contributed by atoms with Crippen molar-refractivity contribution in [2.75, 3.05) is 0 Å². The van der Waals surface area contributed by atoms with E-state index in [-0.39, 0.29) is 24.9 Å². The summed E-state index contributed by atoms with van der Waals surface area (Å²) in [5.74, 6) is -0.598. The summed E-state index contributed by atoms with van der Waals surface area (Å²) in [5, 5.41) is 0. The number of hydrogen-bond donors (Lipinski definition) is 0. The van der Waals surface area contributed by atoms with Crippen molar-refractivity contribution in [3.05, 3.63) is 35.9 Å². The quantitative estimate of drug-likeness (QED) is 0.546. The number of aldehydes is 1. The second-order valence-corrected chi connectivity index (χ2v) is 3.60. The minimum atomic E-state index is -0.304. The second kappa shape index (κ2) is 6.77. The summed E-state index contributed by atoms with van der Waals surface area (Å²) < 4.78 is 5.14. The van der Waals surface area contributed by atoms with Crippen LogP contribution < -0.4 is 0 Å². The minimum absolute atomic E-state index is 0.240. The van der Waals surface area contributed by atoms with Crippen LogP contribution in [-0.4, -0.2) is 12.3 Å². The van der Waals surface area contributed by atoms with Crippen molar-refractivity contribution >= 4 is 12.3 Å². The average Bonchev–Trinajstić information content (AvgIpc) is 2.34. The Kier molecular flexibility index (Phi) is 5.26. The van der Waals surface area contributed by atoms with Gasteiger partial charge in [-0.15, -0.1) is 0 Å². The first-order valence-corrected chi connectivity index (χ1v) is 5.42. The van der Waals surface area contributed by atoms with Crippen molar-refractivity contribution in [3.8, 4) is 0 Å². The maximum Gasteiger partial charge on any atom is 0.309 e. The zero-order chi connectivity index (χ0) is 11.8. The number of carbonyl (C=O) groups is 2. The lowest BCUT2D eigenvalue weighted by Gasteiger charge is -2.11. The van der Waals surface area contributed by atoms with Gasteiger partial charge in [-0.3, -0.25) is 4.79 Å². The van der Waals surface area contributed by atoms with E-state index in [0.29, 0.717) is 6.42 Å². The smallest absolute Gasteiger partial charge is 0.309 e. The summed E-state index contributed by atoms with van der Waals surface area (Å²) in [6.07, 6.45) is 1.63. The maximum absolute atomic E-state index is 11.6. The zero-order valence-corrected chi connectivity index (χ0v) is 9.39. The fourth-order valence-electron chi connectivity index (χ4n) is 1.39. The molecule has 1 aromatic rings. The third-order valence-corrected chi connectivity index (χ3v) is 2.43. The van der Waals surface area contributed by atoms with Gasteiger partial charge < -0.3 is 9.53 Å². The van der Waals surface area contributed by atoms with Gasteiger partial charge >= 0.3 is 5.97 Å². The number of hydrogen-bond acceptors (Lipinski definition) is 3. The minimum Gasteiger partial charge on any atom is -0.461 e. The molecule has 0 spiro atoms. The Bertz CT molecular complexity index is 332. The Balaban J connectivity index is 2.42. The van der Waals surface area contributed by atoms with Gasteiger partial charge in [0.05, 0.1) is 5.92 Å². The molecule has 0 aliphatic heterocycles. The van der Waals surface area contributed by atoms with Crippen LogP contribution in [0.1, 0.15) is 25.3 Å². The molecule has 0 saturated carbocycles. The second-order valence-electron chi connectivity index (χ2n) is 3.60. The van der Waals surface area contributed by atoms with Crippen molar-refractivity contribution in [2.24, 2.45) is 5.92 Å². The molecule has 0 aromatic heterocycles. The van der Waals surface area contributed by atoms with Gasteiger partial charge in [0, 0.05) is 6.42 Å². The molecule has 0 unspecified atom stereocenters. The largest absolute Gasteiger partial charge is 0.461 e. The van der Waals surface area contributed by atoms with E-state index in [1.54, 1.807) is 0 Å². The standard InChI is InChI=1S/C13H16O3/c1-2-12(8-9-14)13(15)16-10-11-6-4-3-5-7-11/h3-7,9,12H,2,8,10H2,1H3/t12-/m1/s1. The molecule has 0 fully saturated rings. The molecule has 1 rings (SSSR count). The molecule has 0 N–H and O–H groups in total. The van der Waals surface area contributed by atoms with Crippen molar-refractivity contribution in [2.45, 2.75) is 26.4 Å². The number of benzene rings is 1. The normalized spacial score (nSPS) is 11.8. The molecule has 1 atom stereocenters. The Morgan fingerprint density at radius 2 is 2.06 bits per heavy atom. The monoisotopic (exact) mass is 220 g/mol. The van der Waals surface area contributed by atoms with Crippen molar-refractivity contribution in [1.82, 2.24) is 0 Å². The van der Waals surface area contributed by atoms with Gasteiger partial charge in [0.2, 0.25) is 0 Å². The van der Waals surface area contributed by atoms with Gasteiger partial charge in [-0.05, 0) is 12.0 Å². The summed E-state index contributed by atoms with van der Waals surface area (Å²) in [5.41, 5.74) is 0.955. The van der Waals surface area contributed by atoms with Crippen LogP contribution in [0.2, 0.25) is 0 Å². The molecule has 0 aliphatic rings. The van der Waals surface area contributed by atoms with Gasteiger partial charge in [0.25, 0.3) is 0 Å². The summed E-state index contributed by atoms with van der Waals surface area (Å²) in [4.78, 5) is 21.9. The van der Waals surface area contributed by atoms with Crippen molar-refractivity contribution in [3.63, 3.8) is 0 Å². The summed E-state index contributed by atoms with van der Waals surface area (Å²) >= 11 is 0. The highest BCUT2D eigenvalue weighted by Gasteiger charge is 2.17. The molecule has 1 aromatic carbocycles. The van der Waals surface area contributed by atoms with Crippen molar-refractivity contribution < 1.29 is 14.3 Å². The lowest BCUT2D eigenvalue weighted by molar-refractivity contribution is -0.150. The van der Waals surface area contributed by atoms with Crippen LogP contribution in [0.15, 0.2) is 30.3 Å². The molecular weight excluding hydrogens is 204 g/mol. The van der Waals surface area contributed by atoms with Gasteiger partial charge in [-0.1, -0.05) is 37.3 Å². The molecule has 3 nitrogen and oxygen atoms in total. The summed E-state index contributed by atoms with van der Waals surface area (Å²) in [7, 11) is 0. The third-order valence-electron chi connectivity index (χ3n) is 2.43. The van der Waals surface area contributed by atoms with E-state index >= 15 is 0 Å². The molecule has 3 heteroatoms. The fourth-order valence-corrected chi connectivity index (χ4v) is 1.39. The molecule has 0 radical (unpaired) electrons. The van der Waals surface area contributed by atoms with Gasteiger partial charge in [-0.2, -0.15) is 0 Å². The van der Waals surface area contributed by atoms with E-state index in [1.807, 2.05) is 37.3 Å². The summed E-state index contributed by atoms with van der Waals surface area (Å²) in [6.45, 7) is 2.15. The molecule has 0 heterocycles. The Hall–Kier alpha value is -1.64. The van der Waals surface area contributed by atoms with Crippen LogP contribution in [0, 0.1) is 5.92 Å². The van der Waals surface area contributed by atoms with E-state index in [9.17, 15) is 9.59 Å². The third kappa shape index (κ3) is 3.85. The fraction of sp³-hybridized carbons (Fsp3) is 0.385. The molecule has 86 valence electrons. The first-order valence-electron chi connectivity index (χ1n) is 5.42. The predicted molar refractivity (Wildman–Crippen MR) is 60.7 cm³/mol. The lowest BCUT2D eigenvalue weighted by Crippen LogP contribution is -2.17. The Labute approximate surface area is 95.4 Å². The predicted octanol–water partition coefficient (Wildman–Crippen LogP) is 2.35. The highest BCUT2D eigenvalue weighted by atomic mass is 16.5. The van der Waals surface area contributed by atoms with Crippen LogP contribution in [-0.2, 0) is 20.9 Å². The van der Waals surface area contributed by atoms with Crippen LogP contribution in [0.4, 0.5) is 0 Å². The molecule has 16 heavy (non-hydrogen) atoms. The van der Waals surface area contributed by atoms with Crippen LogP contribution in [0.5, 0.6) is 0 Å². The van der Waals surface area contributed by atoms with Gasteiger partial charge in [-0.25, -0.2) is 0 Å². The highest BCUT2D eigenvalue weighted by Crippen LogP contribution is 2.10.